The van der Waals surface area contributed by atoms with Crippen LogP contribution in [0.1, 0.15) is 24.8 Å². The van der Waals surface area contributed by atoms with E-state index in [2.05, 4.69) is 4.98 Å². The predicted octanol–water partition coefficient (Wildman–Crippen LogP) is 0.964. The van der Waals surface area contributed by atoms with Crippen LogP contribution in [0, 0.1) is 0 Å². The third-order valence-corrected chi connectivity index (χ3v) is 3.50. The van der Waals surface area contributed by atoms with Crippen LogP contribution >= 0.6 is 0 Å². The fraction of sp³-hybridized carbons (Fsp3) is 0.538. The molecule has 0 unspecified atom stereocenters. The summed E-state index contributed by atoms with van der Waals surface area (Å²) >= 11 is 0. The summed E-state index contributed by atoms with van der Waals surface area (Å²) in [7, 11) is 1.83. The van der Waals surface area contributed by atoms with E-state index >= 15 is 0 Å². The topological polar surface area (TPSA) is 59.2 Å². The molecule has 1 aliphatic rings. The SMILES string of the molecule is CN(CCc1ccncc1)C(=O)C1(N)CCC1. The second-order valence-electron chi connectivity index (χ2n) is 4.84. The number of nitrogens with zero attached hydrogens (tertiary/aromatic N) is 2. The lowest BCUT2D eigenvalue weighted by molar-refractivity contribution is -0.138. The van der Waals surface area contributed by atoms with Crippen molar-refractivity contribution in [2.24, 2.45) is 5.73 Å². The first-order valence-electron chi connectivity index (χ1n) is 6.05. The molecule has 4 heteroatoms. The Bertz CT molecular complexity index is 387. The maximum absolute atomic E-state index is 12.1. The highest BCUT2D eigenvalue weighted by molar-refractivity contribution is 5.86. The molecule has 1 aliphatic carbocycles. The fourth-order valence-electron chi connectivity index (χ4n) is 2.10. The Morgan fingerprint density at radius 3 is 2.65 bits per heavy atom. The van der Waals surface area contributed by atoms with Crippen molar-refractivity contribution < 1.29 is 4.79 Å². The van der Waals surface area contributed by atoms with Gasteiger partial charge >= 0.3 is 0 Å². The van der Waals surface area contributed by atoms with Crippen LogP contribution in [0.15, 0.2) is 24.5 Å². The van der Waals surface area contributed by atoms with Crippen LogP contribution in [0.2, 0.25) is 0 Å². The van der Waals surface area contributed by atoms with E-state index in [1.807, 2.05) is 19.2 Å². The maximum atomic E-state index is 12.1. The van der Waals surface area contributed by atoms with Crippen LogP contribution in [0.5, 0.6) is 0 Å². The Labute approximate surface area is 102 Å². The molecule has 0 saturated heterocycles. The first kappa shape index (κ1) is 12.0. The van der Waals surface area contributed by atoms with E-state index in [-0.39, 0.29) is 5.91 Å². The van der Waals surface area contributed by atoms with E-state index in [9.17, 15) is 4.79 Å². The molecule has 1 fully saturated rings. The molecule has 0 bridgehead atoms. The lowest BCUT2D eigenvalue weighted by atomic mass is 9.76. The minimum absolute atomic E-state index is 0.0813. The minimum Gasteiger partial charge on any atom is -0.344 e. The van der Waals surface area contributed by atoms with Crippen molar-refractivity contribution in [2.75, 3.05) is 13.6 Å². The molecule has 0 aromatic carbocycles. The third kappa shape index (κ3) is 2.64. The molecule has 0 spiro atoms. The zero-order valence-electron chi connectivity index (χ0n) is 10.2. The molecule has 1 saturated carbocycles. The van der Waals surface area contributed by atoms with Gasteiger partial charge in [0.2, 0.25) is 5.91 Å². The Kier molecular flexibility index (Phi) is 3.43. The number of hydrogen-bond acceptors (Lipinski definition) is 3. The van der Waals surface area contributed by atoms with E-state index in [0.717, 1.165) is 25.7 Å². The molecular formula is C13H19N3O. The van der Waals surface area contributed by atoms with Gasteiger partial charge in [-0.1, -0.05) is 0 Å². The Hall–Kier alpha value is -1.42. The fourth-order valence-corrected chi connectivity index (χ4v) is 2.10. The van der Waals surface area contributed by atoms with Crippen molar-refractivity contribution in [2.45, 2.75) is 31.2 Å². The number of aromatic nitrogens is 1. The van der Waals surface area contributed by atoms with Crippen molar-refractivity contribution in [1.29, 1.82) is 0 Å². The summed E-state index contributed by atoms with van der Waals surface area (Å²) in [6, 6.07) is 3.94. The van der Waals surface area contributed by atoms with E-state index in [0.29, 0.717) is 6.54 Å². The van der Waals surface area contributed by atoms with Crippen LogP contribution in [0.3, 0.4) is 0 Å². The van der Waals surface area contributed by atoms with Crippen LogP contribution in [-0.4, -0.2) is 34.9 Å². The van der Waals surface area contributed by atoms with E-state index < -0.39 is 5.54 Å². The van der Waals surface area contributed by atoms with E-state index in [4.69, 9.17) is 5.73 Å². The van der Waals surface area contributed by atoms with Gasteiger partial charge in [-0.05, 0) is 43.4 Å². The van der Waals surface area contributed by atoms with Crippen molar-refractivity contribution in [3.63, 3.8) is 0 Å². The largest absolute Gasteiger partial charge is 0.344 e. The van der Waals surface area contributed by atoms with Gasteiger partial charge in [0.15, 0.2) is 0 Å². The molecule has 1 aromatic heterocycles. The van der Waals surface area contributed by atoms with Gasteiger partial charge in [0.25, 0.3) is 0 Å². The van der Waals surface area contributed by atoms with Gasteiger partial charge in [-0.3, -0.25) is 9.78 Å². The quantitative estimate of drug-likeness (QED) is 0.842. The highest BCUT2D eigenvalue weighted by atomic mass is 16.2. The second kappa shape index (κ2) is 4.84. The van der Waals surface area contributed by atoms with Crippen LogP contribution < -0.4 is 5.73 Å². The molecule has 1 heterocycles. The van der Waals surface area contributed by atoms with Crippen LogP contribution in [0.4, 0.5) is 0 Å². The number of carbonyl (C=O) groups excluding carboxylic acids is 1. The van der Waals surface area contributed by atoms with Gasteiger partial charge in [0.1, 0.15) is 0 Å². The molecule has 2 N–H and O–H groups in total. The van der Waals surface area contributed by atoms with Crippen LogP contribution in [-0.2, 0) is 11.2 Å². The number of rotatable bonds is 4. The first-order chi connectivity index (χ1) is 8.12. The van der Waals surface area contributed by atoms with Crippen molar-refractivity contribution in [1.82, 2.24) is 9.88 Å². The average Bonchev–Trinajstić information content (AvgIpc) is 2.33. The molecule has 0 radical (unpaired) electrons. The lowest BCUT2D eigenvalue weighted by Gasteiger charge is -2.39. The summed E-state index contributed by atoms with van der Waals surface area (Å²) in [5, 5.41) is 0. The molecule has 0 aliphatic heterocycles. The molecule has 92 valence electrons. The van der Waals surface area contributed by atoms with Gasteiger partial charge in [-0.15, -0.1) is 0 Å². The molecule has 4 nitrogen and oxygen atoms in total. The lowest BCUT2D eigenvalue weighted by Crippen LogP contribution is -2.59. The third-order valence-electron chi connectivity index (χ3n) is 3.50. The molecule has 2 rings (SSSR count). The Morgan fingerprint density at radius 2 is 2.12 bits per heavy atom. The number of likely N-dealkylation sites (N-methyl/N-ethyl adjacent to an activating group) is 1. The summed E-state index contributed by atoms with van der Waals surface area (Å²) in [5.74, 6) is 0.0813. The Morgan fingerprint density at radius 1 is 1.47 bits per heavy atom. The number of carbonyl (C=O) groups is 1. The zero-order valence-corrected chi connectivity index (χ0v) is 10.2. The molecule has 0 atom stereocenters. The maximum Gasteiger partial charge on any atom is 0.242 e. The molecule has 1 amide bonds. The molecular weight excluding hydrogens is 214 g/mol. The smallest absolute Gasteiger partial charge is 0.242 e. The number of hydrogen-bond donors (Lipinski definition) is 1. The second-order valence-corrected chi connectivity index (χ2v) is 4.84. The van der Waals surface area contributed by atoms with Gasteiger partial charge in [-0.2, -0.15) is 0 Å². The van der Waals surface area contributed by atoms with Crippen molar-refractivity contribution in [3.8, 4) is 0 Å². The number of pyridine rings is 1. The highest BCUT2D eigenvalue weighted by Gasteiger charge is 2.41. The van der Waals surface area contributed by atoms with Gasteiger partial charge < -0.3 is 10.6 Å². The normalized spacial score (nSPS) is 17.3. The minimum atomic E-state index is -0.576. The van der Waals surface area contributed by atoms with Gasteiger partial charge in [0, 0.05) is 26.0 Å². The van der Waals surface area contributed by atoms with Crippen molar-refractivity contribution in [3.05, 3.63) is 30.1 Å². The molecule has 1 aromatic rings. The van der Waals surface area contributed by atoms with Crippen molar-refractivity contribution >= 4 is 5.91 Å². The van der Waals surface area contributed by atoms with Gasteiger partial charge in [-0.25, -0.2) is 0 Å². The monoisotopic (exact) mass is 233 g/mol. The number of amides is 1. The number of nitrogens with two attached hydrogens (primary N) is 1. The summed E-state index contributed by atoms with van der Waals surface area (Å²) in [6.07, 6.45) is 7.11. The zero-order chi connectivity index (χ0) is 12.3. The standard InChI is InChI=1S/C13H19N3O/c1-16(12(17)13(14)6-2-7-13)10-5-11-3-8-15-9-4-11/h3-4,8-9H,2,5-7,10,14H2,1H3. The Balaban J connectivity index is 1.85. The van der Waals surface area contributed by atoms with Crippen LogP contribution in [0.25, 0.3) is 0 Å². The average molecular weight is 233 g/mol. The summed E-state index contributed by atoms with van der Waals surface area (Å²) in [5.41, 5.74) is 6.63. The van der Waals surface area contributed by atoms with E-state index in [1.54, 1.807) is 17.3 Å². The van der Waals surface area contributed by atoms with E-state index in [1.165, 1.54) is 5.56 Å². The summed E-state index contributed by atoms with van der Waals surface area (Å²) in [6.45, 7) is 0.710. The predicted molar refractivity (Wildman–Crippen MR) is 66.3 cm³/mol. The summed E-state index contributed by atoms with van der Waals surface area (Å²) in [4.78, 5) is 17.8. The summed E-state index contributed by atoms with van der Waals surface area (Å²) < 4.78 is 0. The highest BCUT2D eigenvalue weighted by Crippen LogP contribution is 2.30. The van der Waals surface area contributed by atoms with Gasteiger partial charge in [0.05, 0.1) is 5.54 Å². The first-order valence-corrected chi connectivity index (χ1v) is 6.05. The molecule has 17 heavy (non-hydrogen) atoms.